The third-order valence-corrected chi connectivity index (χ3v) is 4.76. The highest BCUT2D eigenvalue weighted by molar-refractivity contribution is 9.11. The first-order chi connectivity index (χ1) is 8.63. The SMILES string of the molecule is COc1c(Br)cc(C(=S)N2CCCCC2)cc1Br. The number of hydrogen-bond donors (Lipinski definition) is 0. The molecule has 0 atom stereocenters. The second kappa shape index (κ2) is 6.35. The molecule has 1 aliphatic heterocycles. The van der Waals surface area contributed by atoms with E-state index in [1.54, 1.807) is 7.11 Å². The van der Waals surface area contributed by atoms with Crippen molar-refractivity contribution in [1.82, 2.24) is 4.90 Å². The quantitative estimate of drug-likeness (QED) is 0.693. The van der Waals surface area contributed by atoms with Crippen molar-refractivity contribution in [3.05, 3.63) is 26.6 Å². The van der Waals surface area contributed by atoms with E-state index in [4.69, 9.17) is 17.0 Å². The summed E-state index contributed by atoms with van der Waals surface area (Å²) in [5, 5.41) is 0. The van der Waals surface area contributed by atoms with Gasteiger partial charge in [0.25, 0.3) is 0 Å². The second-order valence-electron chi connectivity index (χ2n) is 4.33. The maximum atomic E-state index is 5.58. The molecule has 1 aliphatic rings. The van der Waals surface area contributed by atoms with Crippen LogP contribution in [0.15, 0.2) is 21.1 Å². The van der Waals surface area contributed by atoms with E-state index in [0.717, 1.165) is 38.3 Å². The molecule has 1 heterocycles. The van der Waals surface area contributed by atoms with Crippen molar-refractivity contribution in [2.24, 2.45) is 0 Å². The van der Waals surface area contributed by atoms with E-state index in [1.807, 2.05) is 12.1 Å². The van der Waals surface area contributed by atoms with Gasteiger partial charge in [0.15, 0.2) is 0 Å². The van der Waals surface area contributed by atoms with Crippen LogP contribution in [0.5, 0.6) is 5.75 Å². The minimum atomic E-state index is 0.806. The Hall–Kier alpha value is -0.130. The molecule has 0 N–H and O–H groups in total. The summed E-state index contributed by atoms with van der Waals surface area (Å²) in [7, 11) is 1.66. The van der Waals surface area contributed by atoms with Crippen molar-refractivity contribution >= 4 is 49.1 Å². The minimum Gasteiger partial charge on any atom is -0.494 e. The Morgan fingerprint density at radius 2 is 1.72 bits per heavy atom. The third-order valence-electron chi connectivity index (χ3n) is 3.09. The Labute approximate surface area is 130 Å². The zero-order chi connectivity index (χ0) is 13.1. The molecule has 18 heavy (non-hydrogen) atoms. The zero-order valence-electron chi connectivity index (χ0n) is 10.2. The average Bonchev–Trinajstić information content (AvgIpc) is 2.38. The molecule has 1 saturated heterocycles. The summed E-state index contributed by atoms with van der Waals surface area (Å²) in [6, 6.07) is 4.06. The first-order valence-electron chi connectivity index (χ1n) is 5.96. The molecular formula is C13H15Br2NOS. The number of nitrogens with zero attached hydrogens (tertiary/aromatic N) is 1. The monoisotopic (exact) mass is 391 g/mol. The fraction of sp³-hybridized carbons (Fsp3) is 0.462. The molecule has 0 aromatic heterocycles. The standard InChI is InChI=1S/C13H15Br2NOS/c1-17-12-10(14)7-9(8-11(12)15)13(18)16-5-3-2-4-6-16/h7-8H,2-6H2,1H3. The summed E-state index contributed by atoms with van der Waals surface area (Å²) in [5.74, 6) is 0.806. The van der Waals surface area contributed by atoms with E-state index >= 15 is 0 Å². The van der Waals surface area contributed by atoms with Gasteiger partial charge in [-0.2, -0.15) is 0 Å². The van der Waals surface area contributed by atoms with Crippen molar-refractivity contribution in [3.8, 4) is 5.75 Å². The summed E-state index contributed by atoms with van der Waals surface area (Å²) in [4.78, 5) is 3.22. The number of likely N-dealkylation sites (tertiary alicyclic amines) is 1. The number of piperidine rings is 1. The van der Waals surface area contributed by atoms with Gasteiger partial charge in [-0.05, 0) is 63.3 Å². The van der Waals surface area contributed by atoms with Crippen molar-refractivity contribution in [1.29, 1.82) is 0 Å². The highest BCUT2D eigenvalue weighted by Crippen LogP contribution is 2.35. The van der Waals surface area contributed by atoms with Gasteiger partial charge in [0.05, 0.1) is 16.1 Å². The smallest absolute Gasteiger partial charge is 0.147 e. The molecule has 0 unspecified atom stereocenters. The lowest BCUT2D eigenvalue weighted by atomic mass is 10.1. The molecule has 1 aromatic rings. The second-order valence-corrected chi connectivity index (χ2v) is 6.42. The minimum absolute atomic E-state index is 0.806. The topological polar surface area (TPSA) is 12.5 Å². The number of halogens is 2. The van der Waals surface area contributed by atoms with E-state index in [1.165, 1.54) is 19.3 Å². The van der Waals surface area contributed by atoms with E-state index in [-0.39, 0.29) is 0 Å². The number of methoxy groups -OCH3 is 1. The van der Waals surface area contributed by atoms with Crippen LogP contribution in [0.25, 0.3) is 0 Å². The summed E-state index contributed by atoms with van der Waals surface area (Å²) < 4.78 is 7.15. The van der Waals surface area contributed by atoms with Crippen molar-refractivity contribution in [3.63, 3.8) is 0 Å². The molecule has 0 amide bonds. The first kappa shape index (κ1) is 14.3. The lowest BCUT2D eigenvalue weighted by Crippen LogP contribution is -2.34. The Bertz CT molecular complexity index is 435. The van der Waals surface area contributed by atoms with Gasteiger partial charge in [0.1, 0.15) is 10.7 Å². The van der Waals surface area contributed by atoms with Gasteiger partial charge in [-0.3, -0.25) is 0 Å². The van der Waals surface area contributed by atoms with Gasteiger partial charge in [-0.15, -0.1) is 0 Å². The lowest BCUT2D eigenvalue weighted by Gasteiger charge is -2.29. The van der Waals surface area contributed by atoms with Gasteiger partial charge >= 0.3 is 0 Å². The predicted molar refractivity (Wildman–Crippen MR) is 85.5 cm³/mol. The van der Waals surface area contributed by atoms with Crippen molar-refractivity contribution in [2.75, 3.05) is 20.2 Å². The molecular weight excluding hydrogens is 378 g/mol. The fourth-order valence-corrected chi connectivity index (χ4v) is 3.97. The number of hydrogen-bond acceptors (Lipinski definition) is 2. The van der Waals surface area contributed by atoms with E-state index < -0.39 is 0 Å². The Morgan fingerprint density at radius 1 is 1.17 bits per heavy atom. The molecule has 0 spiro atoms. The van der Waals surface area contributed by atoms with E-state index in [0.29, 0.717) is 0 Å². The number of ether oxygens (including phenoxy) is 1. The van der Waals surface area contributed by atoms with E-state index in [2.05, 4.69) is 36.8 Å². The van der Waals surface area contributed by atoms with Crippen LogP contribution in [0.1, 0.15) is 24.8 Å². The molecule has 0 radical (unpaired) electrons. The molecule has 1 aromatic carbocycles. The first-order valence-corrected chi connectivity index (χ1v) is 7.95. The van der Waals surface area contributed by atoms with Crippen LogP contribution in [0.2, 0.25) is 0 Å². The van der Waals surface area contributed by atoms with Crippen LogP contribution in [-0.2, 0) is 0 Å². The highest BCUT2D eigenvalue weighted by Gasteiger charge is 2.17. The summed E-state index contributed by atoms with van der Waals surface area (Å²) in [6.07, 6.45) is 3.78. The molecule has 0 aliphatic carbocycles. The van der Waals surface area contributed by atoms with Crippen molar-refractivity contribution in [2.45, 2.75) is 19.3 Å². The maximum absolute atomic E-state index is 5.58. The molecule has 0 saturated carbocycles. The summed E-state index contributed by atoms with van der Waals surface area (Å²) in [5.41, 5.74) is 1.06. The Balaban J connectivity index is 2.25. The summed E-state index contributed by atoms with van der Waals surface area (Å²) in [6.45, 7) is 2.14. The van der Waals surface area contributed by atoms with Crippen LogP contribution < -0.4 is 4.74 Å². The number of rotatable bonds is 2. The average molecular weight is 393 g/mol. The largest absolute Gasteiger partial charge is 0.494 e. The van der Waals surface area contributed by atoms with Crippen LogP contribution >= 0.6 is 44.1 Å². The highest BCUT2D eigenvalue weighted by atomic mass is 79.9. The molecule has 1 fully saturated rings. The maximum Gasteiger partial charge on any atom is 0.147 e. The normalized spacial score (nSPS) is 15.6. The lowest BCUT2D eigenvalue weighted by molar-refractivity contribution is 0.347. The molecule has 2 rings (SSSR count). The van der Waals surface area contributed by atoms with Crippen LogP contribution in [0, 0.1) is 0 Å². The molecule has 2 nitrogen and oxygen atoms in total. The molecule has 0 bridgehead atoms. The van der Waals surface area contributed by atoms with Crippen LogP contribution in [-0.4, -0.2) is 30.1 Å². The predicted octanol–water partition coefficient (Wildman–Crippen LogP) is 4.38. The van der Waals surface area contributed by atoms with Crippen LogP contribution in [0.4, 0.5) is 0 Å². The van der Waals surface area contributed by atoms with Gasteiger partial charge in [-0.25, -0.2) is 0 Å². The number of benzene rings is 1. The molecule has 98 valence electrons. The Kier molecular flexibility index (Phi) is 5.04. The zero-order valence-corrected chi connectivity index (χ0v) is 14.2. The fourth-order valence-electron chi connectivity index (χ4n) is 2.16. The van der Waals surface area contributed by atoms with Crippen molar-refractivity contribution < 1.29 is 4.74 Å². The molecule has 5 heteroatoms. The van der Waals surface area contributed by atoms with Gasteiger partial charge in [0.2, 0.25) is 0 Å². The van der Waals surface area contributed by atoms with Gasteiger partial charge in [0, 0.05) is 18.7 Å². The Morgan fingerprint density at radius 3 is 2.22 bits per heavy atom. The van der Waals surface area contributed by atoms with E-state index in [9.17, 15) is 0 Å². The number of thiocarbonyl (C=S) groups is 1. The third kappa shape index (κ3) is 3.06. The summed E-state index contributed by atoms with van der Waals surface area (Å²) >= 11 is 12.6. The van der Waals surface area contributed by atoms with Gasteiger partial charge in [-0.1, -0.05) is 12.2 Å². The van der Waals surface area contributed by atoms with Crippen LogP contribution in [0.3, 0.4) is 0 Å². The van der Waals surface area contributed by atoms with Gasteiger partial charge < -0.3 is 9.64 Å².